The summed E-state index contributed by atoms with van der Waals surface area (Å²) in [5.41, 5.74) is 2.07. The van der Waals surface area contributed by atoms with Crippen molar-refractivity contribution in [2.75, 3.05) is 5.32 Å². The fraction of sp³-hybridized carbons (Fsp3) is 0.250. The highest BCUT2D eigenvalue weighted by Crippen LogP contribution is 2.32. The van der Waals surface area contributed by atoms with Crippen LogP contribution in [-0.2, 0) is 22.4 Å². The zero-order valence-electron chi connectivity index (χ0n) is 12.1. The monoisotopic (exact) mass is 371 g/mol. The van der Waals surface area contributed by atoms with Crippen molar-refractivity contribution < 1.29 is 14.7 Å². The van der Waals surface area contributed by atoms with Gasteiger partial charge in [-0.25, -0.2) is 0 Å². The van der Waals surface area contributed by atoms with Crippen LogP contribution >= 0.6 is 34.5 Å². The summed E-state index contributed by atoms with van der Waals surface area (Å²) in [7, 11) is 0. The Morgan fingerprint density at radius 2 is 1.91 bits per heavy atom. The number of amides is 1. The van der Waals surface area contributed by atoms with Gasteiger partial charge in [0.15, 0.2) is 0 Å². The maximum Gasteiger partial charge on any atom is 0.307 e. The highest BCUT2D eigenvalue weighted by atomic mass is 35.5. The van der Waals surface area contributed by atoms with E-state index in [0.717, 1.165) is 5.56 Å². The minimum absolute atomic E-state index is 0.126. The number of benzene rings is 1. The zero-order chi connectivity index (χ0) is 16.8. The van der Waals surface area contributed by atoms with E-state index in [2.05, 4.69) is 5.32 Å². The van der Waals surface area contributed by atoms with Gasteiger partial charge in [0.2, 0.25) is 5.91 Å². The number of carbonyl (C=O) groups is 2. The highest BCUT2D eigenvalue weighted by Gasteiger charge is 2.10. The Morgan fingerprint density at radius 3 is 2.57 bits per heavy atom. The molecule has 1 amide bonds. The van der Waals surface area contributed by atoms with Crippen LogP contribution in [0.15, 0.2) is 30.3 Å². The predicted molar refractivity (Wildman–Crippen MR) is 93.7 cm³/mol. The molecule has 0 unspecified atom stereocenters. The van der Waals surface area contributed by atoms with Gasteiger partial charge in [0, 0.05) is 12.1 Å². The molecule has 2 rings (SSSR count). The van der Waals surface area contributed by atoms with Gasteiger partial charge in [0.1, 0.15) is 0 Å². The molecule has 122 valence electrons. The first-order valence-electron chi connectivity index (χ1n) is 6.99. The second kappa shape index (κ2) is 8.34. The number of halogens is 2. The van der Waals surface area contributed by atoms with Crippen molar-refractivity contribution in [2.24, 2.45) is 0 Å². The Morgan fingerprint density at radius 1 is 1.17 bits per heavy atom. The number of nitrogens with one attached hydrogen (secondary N) is 1. The maximum atomic E-state index is 12.0. The smallest absolute Gasteiger partial charge is 0.307 e. The van der Waals surface area contributed by atoms with Crippen molar-refractivity contribution in [2.45, 2.75) is 25.7 Å². The second-order valence-electron chi connectivity index (χ2n) is 4.98. The average molecular weight is 372 g/mol. The third-order valence-electron chi connectivity index (χ3n) is 3.21. The highest BCUT2D eigenvalue weighted by molar-refractivity contribution is 7.20. The van der Waals surface area contributed by atoms with Gasteiger partial charge in [-0.1, -0.05) is 41.4 Å². The van der Waals surface area contributed by atoms with Gasteiger partial charge in [0.25, 0.3) is 0 Å². The van der Waals surface area contributed by atoms with Gasteiger partial charge in [-0.2, -0.15) is 0 Å². The Bertz CT molecular complexity index is 715. The van der Waals surface area contributed by atoms with E-state index in [1.165, 1.54) is 11.3 Å². The van der Waals surface area contributed by atoms with Crippen LogP contribution < -0.4 is 5.32 Å². The summed E-state index contributed by atoms with van der Waals surface area (Å²) < 4.78 is 1.29. The predicted octanol–water partition coefficient (Wildman–Crippen LogP) is 4.64. The normalized spacial score (nSPS) is 10.5. The van der Waals surface area contributed by atoms with Crippen LogP contribution in [0.25, 0.3) is 0 Å². The van der Waals surface area contributed by atoms with E-state index < -0.39 is 5.97 Å². The summed E-state index contributed by atoms with van der Waals surface area (Å²) in [4.78, 5) is 22.9. The molecule has 1 aromatic carbocycles. The molecule has 0 saturated carbocycles. The molecule has 7 heteroatoms. The molecule has 0 saturated heterocycles. The molecule has 0 bridgehead atoms. The van der Waals surface area contributed by atoms with Crippen molar-refractivity contribution in [3.05, 3.63) is 50.1 Å². The lowest BCUT2D eigenvalue weighted by Gasteiger charge is -2.09. The van der Waals surface area contributed by atoms with Crippen molar-refractivity contribution in [3.8, 4) is 0 Å². The molecular formula is C16H15Cl2NO3S. The SMILES string of the molecule is O=C(O)Cc1ccccc1NC(=O)CCCc1cc(Cl)sc1Cl. The van der Waals surface area contributed by atoms with Gasteiger partial charge >= 0.3 is 5.97 Å². The van der Waals surface area contributed by atoms with Crippen LogP contribution in [0, 0.1) is 0 Å². The first-order valence-corrected chi connectivity index (χ1v) is 8.56. The van der Waals surface area contributed by atoms with Crippen LogP contribution in [0.4, 0.5) is 5.69 Å². The Balaban J connectivity index is 1.88. The summed E-state index contributed by atoms with van der Waals surface area (Å²) in [6.45, 7) is 0. The number of rotatable bonds is 7. The van der Waals surface area contributed by atoms with E-state index in [1.54, 1.807) is 24.3 Å². The standard InChI is InChI=1S/C16H15Cl2NO3S/c17-13-8-11(16(18)23-13)5-3-7-14(20)19-12-6-2-1-4-10(12)9-15(21)22/h1-2,4,6,8H,3,5,7,9H2,(H,19,20)(H,21,22). The first-order chi connectivity index (χ1) is 11.0. The van der Waals surface area contributed by atoms with E-state index in [1.807, 2.05) is 6.07 Å². The molecule has 0 spiro atoms. The fourth-order valence-electron chi connectivity index (χ4n) is 2.16. The van der Waals surface area contributed by atoms with Crippen LogP contribution in [0.3, 0.4) is 0 Å². The largest absolute Gasteiger partial charge is 0.481 e. The topological polar surface area (TPSA) is 66.4 Å². The molecule has 0 aliphatic heterocycles. The number of carboxylic acid groups (broad SMARTS) is 1. The quantitative estimate of drug-likeness (QED) is 0.744. The van der Waals surface area contributed by atoms with E-state index >= 15 is 0 Å². The number of aliphatic carboxylic acids is 1. The van der Waals surface area contributed by atoms with Crippen LogP contribution in [0.5, 0.6) is 0 Å². The van der Waals surface area contributed by atoms with Gasteiger partial charge in [-0.15, -0.1) is 11.3 Å². The molecular weight excluding hydrogens is 357 g/mol. The van der Waals surface area contributed by atoms with Crippen LogP contribution in [0.2, 0.25) is 8.67 Å². The summed E-state index contributed by atoms with van der Waals surface area (Å²) in [6, 6.07) is 8.71. The van der Waals surface area contributed by atoms with Gasteiger partial charge in [-0.05, 0) is 36.1 Å². The van der Waals surface area contributed by atoms with E-state index in [4.69, 9.17) is 28.3 Å². The van der Waals surface area contributed by atoms with Crippen molar-refractivity contribution in [1.29, 1.82) is 0 Å². The third-order valence-corrected chi connectivity index (χ3v) is 4.78. The minimum atomic E-state index is -0.935. The number of hydrogen-bond acceptors (Lipinski definition) is 3. The number of carboxylic acids is 1. The van der Waals surface area contributed by atoms with Crippen LogP contribution in [0.1, 0.15) is 24.0 Å². The molecule has 0 aliphatic carbocycles. The maximum absolute atomic E-state index is 12.0. The van der Waals surface area contributed by atoms with Gasteiger partial charge in [0.05, 0.1) is 15.1 Å². The third kappa shape index (κ3) is 5.53. The van der Waals surface area contributed by atoms with E-state index in [-0.39, 0.29) is 12.3 Å². The summed E-state index contributed by atoms with van der Waals surface area (Å²) in [5, 5.41) is 11.6. The zero-order valence-corrected chi connectivity index (χ0v) is 14.5. The molecule has 2 N–H and O–H groups in total. The van der Waals surface area contributed by atoms with E-state index in [9.17, 15) is 9.59 Å². The van der Waals surface area contributed by atoms with Crippen LogP contribution in [-0.4, -0.2) is 17.0 Å². The number of aryl methyl sites for hydroxylation is 1. The lowest BCUT2D eigenvalue weighted by atomic mass is 10.1. The average Bonchev–Trinajstić information content (AvgIpc) is 2.79. The molecule has 0 atom stereocenters. The second-order valence-corrected chi connectivity index (χ2v) is 7.26. The lowest BCUT2D eigenvalue weighted by molar-refractivity contribution is -0.136. The number of para-hydroxylation sites is 1. The van der Waals surface area contributed by atoms with Crippen molar-refractivity contribution in [3.63, 3.8) is 0 Å². The summed E-state index contributed by atoms with van der Waals surface area (Å²) >= 11 is 13.2. The molecule has 4 nitrogen and oxygen atoms in total. The number of carbonyl (C=O) groups excluding carboxylic acids is 1. The molecule has 1 aromatic heterocycles. The first kappa shape index (κ1) is 17.8. The summed E-state index contributed by atoms with van der Waals surface area (Å²) in [6.07, 6.45) is 1.51. The fourth-order valence-corrected chi connectivity index (χ4v) is 3.70. The Labute approximate surface area is 148 Å². The lowest BCUT2D eigenvalue weighted by Crippen LogP contribution is -2.14. The van der Waals surface area contributed by atoms with Crippen molar-refractivity contribution >= 4 is 52.1 Å². The van der Waals surface area contributed by atoms with Gasteiger partial charge < -0.3 is 10.4 Å². The molecule has 0 aliphatic rings. The number of thiophene rings is 1. The molecule has 0 fully saturated rings. The van der Waals surface area contributed by atoms with Crippen molar-refractivity contribution in [1.82, 2.24) is 0 Å². The Kier molecular flexibility index (Phi) is 6.45. The molecule has 0 radical (unpaired) electrons. The van der Waals surface area contributed by atoms with Gasteiger partial charge in [-0.3, -0.25) is 9.59 Å². The molecule has 1 heterocycles. The Hall–Kier alpha value is -1.56. The number of hydrogen-bond donors (Lipinski definition) is 2. The van der Waals surface area contributed by atoms with E-state index in [0.29, 0.717) is 39.2 Å². The molecule has 23 heavy (non-hydrogen) atoms. The number of anilines is 1. The summed E-state index contributed by atoms with van der Waals surface area (Å²) in [5.74, 6) is -1.09. The molecule has 2 aromatic rings. The minimum Gasteiger partial charge on any atom is -0.481 e.